The molecule has 1 aromatic rings. The SMILES string of the molecule is CCOC(=O)CC1CSC(Nc2ccccc2)=N1. The number of thioether (sulfide) groups is 1. The molecule has 18 heavy (non-hydrogen) atoms. The highest BCUT2D eigenvalue weighted by Gasteiger charge is 2.21. The molecule has 0 saturated heterocycles. The van der Waals surface area contributed by atoms with E-state index in [0.29, 0.717) is 13.0 Å². The monoisotopic (exact) mass is 264 g/mol. The zero-order valence-corrected chi connectivity index (χ0v) is 11.1. The Hall–Kier alpha value is -1.49. The van der Waals surface area contributed by atoms with Gasteiger partial charge in [-0.1, -0.05) is 30.0 Å². The topological polar surface area (TPSA) is 50.7 Å². The maximum absolute atomic E-state index is 11.3. The highest BCUT2D eigenvalue weighted by Crippen LogP contribution is 2.22. The van der Waals surface area contributed by atoms with Crippen LogP contribution >= 0.6 is 11.8 Å². The molecule has 1 atom stereocenters. The molecule has 0 radical (unpaired) electrons. The maximum atomic E-state index is 11.3. The highest BCUT2D eigenvalue weighted by atomic mass is 32.2. The molecule has 1 N–H and O–H groups in total. The van der Waals surface area contributed by atoms with Gasteiger partial charge in [0.15, 0.2) is 5.17 Å². The van der Waals surface area contributed by atoms with Gasteiger partial charge in [-0.25, -0.2) is 0 Å². The number of rotatable bonds is 4. The van der Waals surface area contributed by atoms with Crippen LogP contribution in [0.4, 0.5) is 5.69 Å². The molecule has 0 saturated carbocycles. The Bertz CT molecular complexity index is 434. The van der Waals surface area contributed by atoms with Gasteiger partial charge in [0.05, 0.1) is 19.1 Å². The third-order valence-corrected chi connectivity index (χ3v) is 3.48. The standard InChI is InChI=1S/C13H16N2O2S/c1-2-17-12(16)8-11-9-18-13(15-11)14-10-6-4-3-5-7-10/h3-7,11H,2,8-9H2,1H3,(H,14,15). The fourth-order valence-electron chi connectivity index (χ4n) is 1.65. The molecule has 4 nitrogen and oxygen atoms in total. The molecule has 1 aromatic carbocycles. The summed E-state index contributed by atoms with van der Waals surface area (Å²) in [5.74, 6) is 0.654. The number of nitrogens with zero attached hydrogens (tertiary/aromatic N) is 1. The van der Waals surface area contributed by atoms with Crippen LogP contribution in [0.1, 0.15) is 13.3 Å². The van der Waals surface area contributed by atoms with Crippen LogP contribution < -0.4 is 5.32 Å². The summed E-state index contributed by atoms with van der Waals surface area (Å²) in [5.41, 5.74) is 1.01. The Labute approximate surface area is 111 Å². The Kier molecular flexibility index (Phi) is 4.64. The van der Waals surface area contributed by atoms with Crippen LogP contribution in [0.5, 0.6) is 0 Å². The van der Waals surface area contributed by atoms with Gasteiger partial charge >= 0.3 is 5.97 Å². The maximum Gasteiger partial charge on any atom is 0.307 e. The van der Waals surface area contributed by atoms with Crippen molar-refractivity contribution < 1.29 is 9.53 Å². The number of nitrogens with one attached hydrogen (secondary N) is 1. The predicted molar refractivity (Wildman–Crippen MR) is 75.0 cm³/mol. The first-order chi connectivity index (χ1) is 8.78. The fraction of sp³-hybridized carbons (Fsp3) is 0.385. The van der Waals surface area contributed by atoms with Gasteiger partial charge in [0, 0.05) is 11.4 Å². The largest absolute Gasteiger partial charge is 0.466 e. The van der Waals surface area contributed by atoms with Gasteiger partial charge in [-0.2, -0.15) is 0 Å². The van der Waals surface area contributed by atoms with Gasteiger partial charge in [0.2, 0.25) is 0 Å². The van der Waals surface area contributed by atoms with Crippen LogP contribution in [0.25, 0.3) is 0 Å². The lowest BCUT2D eigenvalue weighted by atomic mass is 10.2. The zero-order valence-electron chi connectivity index (χ0n) is 10.3. The Balaban J connectivity index is 1.87. The lowest BCUT2D eigenvalue weighted by molar-refractivity contribution is -0.143. The molecule has 0 spiro atoms. The number of amidine groups is 1. The first-order valence-electron chi connectivity index (χ1n) is 5.96. The van der Waals surface area contributed by atoms with E-state index >= 15 is 0 Å². The quantitative estimate of drug-likeness (QED) is 0.849. The van der Waals surface area contributed by atoms with E-state index in [0.717, 1.165) is 16.6 Å². The van der Waals surface area contributed by atoms with Gasteiger partial charge in [-0.05, 0) is 19.1 Å². The van der Waals surface area contributed by atoms with Crippen molar-refractivity contribution in [2.75, 3.05) is 17.7 Å². The number of para-hydroxylation sites is 1. The van der Waals surface area contributed by atoms with Crippen LogP contribution in [0.2, 0.25) is 0 Å². The van der Waals surface area contributed by atoms with Crippen molar-refractivity contribution in [3.63, 3.8) is 0 Å². The van der Waals surface area contributed by atoms with Crippen molar-refractivity contribution in [2.24, 2.45) is 4.99 Å². The molecule has 2 rings (SSSR count). The molecule has 5 heteroatoms. The van der Waals surface area contributed by atoms with Crippen molar-refractivity contribution in [3.05, 3.63) is 30.3 Å². The summed E-state index contributed by atoms with van der Waals surface area (Å²) >= 11 is 1.64. The molecule has 0 aromatic heterocycles. The summed E-state index contributed by atoms with van der Waals surface area (Å²) in [6.45, 7) is 2.24. The molecule has 0 aliphatic carbocycles. The minimum absolute atomic E-state index is 0.0280. The molecule has 1 aliphatic rings. The van der Waals surface area contributed by atoms with Crippen molar-refractivity contribution in [3.8, 4) is 0 Å². The molecule has 96 valence electrons. The van der Waals surface area contributed by atoms with Crippen molar-refractivity contribution in [1.29, 1.82) is 0 Å². The van der Waals surface area contributed by atoms with Crippen molar-refractivity contribution in [2.45, 2.75) is 19.4 Å². The molecule has 0 bridgehead atoms. The number of benzene rings is 1. The molecule has 0 fully saturated rings. The van der Waals surface area contributed by atoms with Crippen LogP contribution in [-0.4, -0.2) is 29.5 Å². The fourth-order valence-corrected chi connectivity index (χ4v) is 2.60. The number of carbonyl (C=O) groups is 1. The summed E-state index contributed by atoms with van der Waals surface area (Å²) in [6.07, 6.45) is 0.362. The smallest absolute Gasteiger partial charge is 0.307 e. The average molecular weight is 264 g/mol. The number of carbonyl (C=O) groups excluding carboxylic acids is 1. The van der Waals surface area contributed by atoms with E-state index in [2.05, 4.69) is 10.3 Å². The Morgan fingerprint density at radius 3 is 3.00 bits per heavy atom. The first-order valence-corrected chi connectivity index (χ1v) is 6.94. The summed E-state index contributed by atoms with van der Waals surface area (Å²) in [6, 6.07) is 9.92. The lowest BCUT2D eigenvalue weighted by Gasteiger charge is -2.04. The Morgan fingerprint density at radius 2 is 2.28 bits per heavy atom. The molecule has 0 amide bonds. The van der Waals surface area contributed by atoms with E-state index in [1.165, 1.54) is 0 Å². The summed E-state index contributed by atoms with van der Waals surface area (Å²) in [4.78, 5) is 15.8. The molecule has 1 unspecified atom stereocenters. The second-order valence-electron chi connectivity index (χ2n) is 3.90. The second kappa shape index (κ2) is 6.44. The van der Waals surface area contributed by atoms with Gasteiger partial charge in [-0.3, -0.25) is 9.79 Å². The number of anilines is 1. The lowest BCUT2D eigenvalue weighted by Crippen LogP contribution is -2.14. The van der Waals surface area contributed by atoms with Gasteiger partial charge in [0.25, 0.3) is 0 Å². The van der Waals surface area contributed by atoms with Gasteiger partial charge in [0.1, 0.15) is 0 Å². The predicted octanol–water partition coefficient (Wildman–Crippen LogP) is 2.52. The van der Waals surface area contributed by atoms with Crippen LogP contribution in [-0.2, 0) is 9.53 Å². The van der Waals surface area contributed by atoms with E-state index in [1.807, 2.05) is 37.3 Å². The van der Waals surface area contributed by atoms with Crippen molar-refractivity contribution in [1.82, 2.24) is 0 Å². The molecule has 1 heterocycles. The minimum Gasteiger partial charge on any atom is -0.466 e. The van der Waals surface area contributed by atoms with Crippen LogP contribution in [0, 0.1) is 0 Å². The molecular weight excluding hydrogens is 248 g/mol. The number of hydrogen-bond donors (Lipinski definition) is 1. The first kappa shape index (κ1) is 13.0. The minimum atomic E-state index is -0.173. The second-order valence-corrected chi connectivity index (χ2v) is 4.91. The van der Waals surface area contributed by atoms with E-state index in [4.69, 9.17) is 4.74 Å². The van der Waals surface area contributed by atoms with Crippen LogP contribution in [0.15, 0.2) is 35.3 Å². The molecular formula is C13H16N2O2S. The van der Waals surface area contributed by atoms with E-state index in [9.17, 15) is 4.79 Å². The third-order valence-electron chi connectivity index (χ3n) is 2.44. The third kappa shape index (κ3) is 3.77. The normalized spacial score (nSPS) is 18.3. The number of ether oxygens (including phenoxy) is 1. The van der Waals surface area contributed by atoms with E-state index < -0.39 is 0 Å². The highest BCUT2D eigenvalue weighted by molar-refractivity contribution is 8.14. The summed E-state index contributed by atoms with van der Waals surface area (Å²) in [5, 5.41) is 4.11. The zero-order chi connectivity index (χ0) is 12.8. The Morgan fingerprint density at radius 1 is 1.50 bits per heavy atom. The van der Waals surface area contributed by atoms with Gasteiger partial charge < -0.3 is 10.1 Å². The van der Waals surface area contributed by atoms with Gasteiger partial charge in [-0.15, -0.1) is 0 Å². The number of hydrogen-bond acceptors (Lipinski definition) is 5. The van der Waals surface area contributed by atoms with E-state index in [-0.39, 0.29) is 12.0 Å². The molecule has 1 aliphatic heterocycles. The summed E-state index contributed by atoms with van der Waals surface area (Å²) in [7, 11) is 0. The van der Waals surface area contributed by atoms with Crippen molar-refractivity contribution >= 4 is 28.6 Å². The summed E-state index contributed by atoms with van der Waals surface area (Å²) < 4.78 is 4.92. The van der Waals surface area contributed by atoms with E-state index in [1.54, 1.807) is 11.8 Å². The average Bonchev–Trinajstić information content (AvgIpc) is 2.78. The number of aliphatic imine (C=N–C) groups is 1. The number of esters is 1. The van der Waals surface area contributed by atoms with Crippen LogP contribution in [0.3, 0.4) is 0 Å².